The quantitative estimate of drug-likeness (QED) is 0.138. The van der Waals surface area contributed by atoms with Gasteiger partial charge in [-0.2, -0.15) is 0 Å². The fourth-order valence-electron chi connectivity index (χ4n) is 3.30. The van der Waals surface area contributed by atoms with Gasteiger partial charge in [0.15, 0.2) is 0 Å². The lowest BCUT2D eigenvalue weighted by molar-refractivity contribution is -0.197. The van der Waals surface area contributed by atoms with E-state index >= 15 is 0 Å². The Bertz CT molecular complexity index is 1020. The summed E-state index contributed by atoms with van der Waals surface area (Å²) in [5, 5.41) is 32.1. The second kappa shape index (κ2) is 10.9. The highest BCUT2D eigenvalue weighted by Gasteiger charge is 2.66. The van der Waals surface area contributed by atoms with Crippen LogP contribution in [0.4, 0.5) is 0 Å². The van der Waals surface area contributed by atoms with E-state index in [2.05, 4.69) is 20.8 Å². The first-order valence-electron chi connectivity index (χ1n) is 9.89. The van der Waals surface area contributed by atoms with Gasteiger partial charge in [-0.15, -0.1) is 28.6 Å². The zero-order chi connectivity index (χ0) is 25.0. The molecule has 3 rings (SSSR count). The molecule has 186 valence electrons. The Kier molecular flexibility index (Phi) is 8.45. The topological polar surface area (TPSA) is 203 Å². The normalized spacial score (nSPS) is 22.7. The van der Waals surface area contributed by atoms with Crippen LogP contribution < -0.4 is 11.1 Å². The first kappa shape index (κ1) is 26.3. The van der Waals surface area contributed by atoms with Crippen LogP contribution in [-0.2, 0) is 31.0 Å². The third-order valence-corrected chi connectivity index (χ3v) is 8.35. The van der Waals surface area contributed by atoms with Gasteiger partial charge in [-0.25, -0.2) is 9.48 Å². The van der Waals surface area contributed by atoms with Gasteiger partial charge in [0.2, 0.25) is 11.1 Å². The summed E-state index contributed by atoms with van der Waals surface area (Å²) < 4.78 is 7.11. The number of fused-ring (bicyclic) bond motifs is 1. The zero-order valence-corrected chi connectivity index (χ0v) is 20.6. The number of nitrogens with two attached hydrogens (primary N) is 1. The molecule has 3 heterocycles. The fourth-order valence-corrected chi connectivity index (χ4v) is 6.47. The minimum Gasteiger partial charge on any atom is -0.480 e. The number of aromatic nitrogens is 4. The maximum absolute atomic E-state index is 13.2. The number of ether oxygens (including phenoxy) is 1. The number of nitrogens with one attached hydrogen (secondary N) is 1. The summed E-state index contributed by atoms with van der Waals surface area (Å²) in [6, 6.07) is -1.12. The highest BCUT2D eigenvalue weighted by Crippen LogP contribution is 2.47. The molecule has 1 fully saturated rings. The summed E-state index contributed by atoms with van der Waals surface area (Å²) in [5.74, 6) is -3.27. The summed E-state index contributed by atoms with van der Waals surface area (Å²) in [6.07, 6.45) is 0. The Morgan fingerprint density at radius 3 is 2.74 bits per heavy atom. The molecule has 2 aliphatic heterocycles. The number of thioether (sulfide) groups is 3. The lowest BCUT2D eigenvalue weighted by atomic mass is 9.98. The Morgan fingerprint density at radius 1 is 1.41 bits per heavy atom. The minimum atomic E-state index is -1.71. The number of β-lactam (4-membered cyclic amide) rings is 1. The molecule has 1 aromatic rings. The van der Waals surface area contributed by atoms with Crippen LogP contribution in [-0.4, -0.2) is 106 Å². The van der Waals surface area contributed by atoms with Gasteiger partial charge >= 0.3 is 11.9 Å². The van der Waals surface area contributed by atoms with Gasteiger partial charge in [0.05, 0.1) is 5.75 Å². The second-order valence-corrected chi connectivity index (χ2v) is 10.2. The lowest BCUT2D eigenvalue weighted by Gasteiger charge is -2.56. The van der Waals surface area contributed by atoms with E-state index in [0.29, 0.717) is 16.5 Å². The van der Waals surface area contributed by atoms with Crippen LogP contribution in [0.2, 0.25) is 0 Å². The average Bonchev–Trinajstić information content (AvgIpc) is 3.20. The third-order valence-electron chi connectivity index (χ3n) is 4.81. The van der Waals surface area contributed by atoms with Crippen molar-refractivity contribution < 1.29 is 34.1 Å². The van der Waals surface area contributed by atoms with Crippen LogP contribution in [0.5, 0.6) is 0 Å². The molecule has 0 spiro atoms. The highest BCUT2D eigenvalue weighted by molar-refractivity contribution is 8.01. The molecule has 17 heteroatoms. The van der Waals surface area contributed by atoms with Crippen LogP contribution in [0, 0.1) is 0 Å². The molecule has 0 aromatic carbocycles. The summed E-state index contributed by atoms with van der Waals surface area (Å²) >= 11 is 3.52. The predicted molar refractivity (Wildman–Crippen MR) is 123 cm³/mol. The second-order valence-electron chi connectivity index (χ2n) is 7.15. The van der Waals surface area contributed by atoms with Crippen molar-refractivity contribution in [1.29, 1.82) is 0 Å². The van der Waals surface area contributed by atoms with E-state index in [-0.39, 0.29) is 29.6 Å². The number of carbonyl (C=O) groups excluding carboxylic acids is 2. The number of carboxylic acid groups (broad SMARTS) is 2. The molecule has 2 aliphatic rings. The molecule has 3 atom stereocenters. The van der Waals surface area contributed by atoms with E-state index < -0.39 is 40.9 Å². The SMILES string of the molecule is CCO[C@@]1(NC(=O)CSCC(N)C(=O)O)C(=O)N2C(C(=O)O)=C(CSc3nnnn3C)CSC21. The van der Waals surface area contributed by atoms with E-state index in [0.717, 1.165) is 16.7 Å². The van der Waals surface area contributed by atoms with Gasteiger partial charge in [0, 0.05) is 30.9 Å². The standard InChI is InChI=1S/C17H23N7O7S3/c1-3-31-17(19-10(25)7-32-6-9(18)12(26)27)14(30)24-11(13(28)29)8(4-33-15(17)24)5-34-16-20-21-22-23(16)2/h9,15H,3-7,18H2,1-2H3,(H,19,25)(H,26,27)(H,28,29)/t9?,15?,17-/m0/s1. The van der Waals surface area contributed by atoms with Gasteiger partial charge in [-0.05, 0) is 22.9 Å². The van der Waals surface area contributed by atoms with Crippen LogP contribution in [0.15, 0.2) is 16.4 Å². The van der Waals surface area contributed by atoms with E-state index in [1.54, 1.807) is 14.0 Å². The number of hydrogen-bond acceptors (Lipinski definition) is 12. The molecule has 34 heavy (non-hydrogen) atoms. The Morgan fingerprint density at radius 2 is 2.15 bits per heavy atom. The van der Waals surface area contributed by atoms with Crippen molar-refractivity contribution >= 4 is 59.0 Å². The van der Waals surface area contributed by atoms with E-state index in [9.17, 15) is 24.3 Å². The molecule has 1 saturated heterocycles. The molecule has 2 unspecified atom stereocenters. The fraction of sp³-hybridized carbons (Fsp3) is 0.588. The molecule has 0 bridgehead atoms. The average molecular weight is 534 g/mol. The van der Waals surface area contributed by atoms with Crippen molar-refractivity contribution in [2.75, 3.05) is 29.6 Å². The van der Waals surface area contributed by atoms with Gasteiger partial charge in [0.25, 0.3) is 11.6 Å². The van der Waals surface area contributed by atoms with E-state index in [1.165, 1.54) is 28.2 Å². The summed E-state index contributed by atoms with van der Waals surface area (Å²) in [7, 11) is 1.66. The molecule has 14 nitrogen and oxygen atoms in total. The molecule has 0 saturated carbocycles. The minimum absolute atomic E-state index is 0.0105. The molecular formula is C17H23N7O7S3. The van der Waals surface area contributed by atoms with Gasteiger partial charge in [-0.1, -0.05) is 11.8 Å². The molecule has 0 radical (unpaired) electrons. The monoisotopic (exact) mass is 533 g/mol. The van der Waals surface area contributed by atoms with Crippen molar-refractivity contribution in [2.45, 2.75) is 29.2 Å². The Balaban J connectivity index is 1.73. The summed E-state index contributed by atoms with van der Waals surface area (Å²) in [5.41, 5.74) is 4.09. The number of nitrogens with zero attached hydrogens (tertiary/aromatic N) is 5. The van der Waals surface area contributed by atoms with Crippen molar-refractivity contribution in [3.8, 4) is 0 Å². The largest absolute Gasteiger partial charge is 0.480 e. The molecular weight excluding hydrogens is 510 g/mol. The van der Waals surface area contributed by atoms with Crippen molar-refractivity contribution in [3.63, 3.8) is 0 Å². The van der Waals surface area contributed by atoms with Gasteiger partial charge in [0.1, 0.15) is 17.1 Å². The van der Waals surface area contributed by atoms with Crippen LogP contribution >= 0.6 is 35.3 Å². The number of aliphatic carboxylic acids is 2. The number of rotatable bonds is 12. The molecule has 2 amide bonds. The summed E-state index contributed by atoms with van der Waals surface area (Å²) in [4.78, 5) is 49.7. The number of amides is 2. The lowest BCUT2D eigenvalue weighted by Crippen LogP contribution is -2.81. The van der Waals surface area contributed by atoms with Crippen molar-refractivity contribution in [1.82, 2.24) is 30.4 Å². The van der Waals surface area contributed by atoms with Gasteiger partial charge < -0.3 is 26.0 Å². The molecule has 5 N–H and O–H groups in total. The van der Waals surface area contributed by atoms with E-state index in [4.69, 9.17) is 15.6 Å². The number of hydrogen-bond donors (Lipinski definition) is 4. The highest BCUT2D eigenvalue weighted by atomic mass is 32.2. The van der Waals surface area contributed by atoms with Crippen LogP contribution in [0.3, 0.4) is 0 Å². The van der Waals surface area contributed by atoms with Crippen molar-refractivity contribution in [2.24, 2.45) is 12.8 Å². The maximum atomic E-state index is 13.2. The predicted octanol–water partition coefficient (Wildman–Crippen LogP) is -1.45. The Labute approximate surface area is 206 Å². The van der Waals surface area contributed by atoms with Gasteiger partial charge in [-0.3, -0.25) is 19.3 Å². The first-order valence-corrected chi connectivity index (χ1v) is 13.1. The van der Waals surface area contributed by atoms with Crippen molar-refractivity contribution in [3.05, 3.63) is 11.3 Å². The smallest absolute Gasteiger partial charge is 0.352 e. The van der Waals surface area contributed by atoms with E-state index in [1.807, 2.05) is 0 Å². The number of carbonyl (C=O) groups is 4. The molecule has 1 aromatic heterocycles. The van der Waals surface area contributed by atoms with Crippen LogP contribution in [0.25, 0.3) is 0 Å². The third kappa shape index (κ3) is 5.17. The first-order chi connectivity index (χ1) is 16.1. The molecule has 0 aliphatic carbocycles. The number of aryl methyl sites for hydroxylation is 1. The summed E-state index contributed by atoms with van der Waals surface area (Å²) in [6.45, 7) is 1.75. The Hall–Kier alpha value is -2.34. The van der Waals surface area contributed by atoms with Crippen LogP contribution in [0.1, 0.15) is 6.92 Å². The number of carboxylic acids is 2. The zero-order valence-electron chi connectivity index (χ0n) is 18.2. The maximum Gasteiger partial charge on any atom is 0.352 e. The number of tetrazole rings is 1.